The Morgan fingerprint density at radius 1 is 1.80 bits per heavy atom. The minimum Gasteiger partial charge on any atom is -0.312 e. The van der Waals surface area contributed by atoms with Crippen molar-refractivity contribution in [3.05, 3.63) is 0 Å². The average molecular weight is 158 g/mol. The van der Waals surface area contributed by atoms with Gasteiger partial charge >= 0.3 is 0 Å². The molecule has 0 fully saturated rings. The minimum absolute atomic E-state index is 0.0201. The lowest BCUT2D eigenvalue weighted by molar-refractivity contribution is -0.117. The van der Waals surface area contributed by atoms with Gasteiger partial charge in [-0.05, 0) is 5.75 Å². The summed E-state index contributed by atoms with van der Waals surface area (Å²) in [7, 11) is 0. The molecule has 0 spiro atoms. The number of amidine groups is 1. The number of nitrogens with zero attached hydrogens (tertiary/aromatic N) is 1. The molecule has 0 atom stereocenters. The van der Waals surface area contributed by atoms with Crippen molar-refractivity contribution in [1.82, 2.24) is 5.32 Å². The van der Waals surface area contributed by atoms with E-state index in [1.807, 2.05) is 0 Å². The predicted octanol–water partition coefficient (Wildman–Crippen LogP) is 0.268. The first-order valence-electron chi connectivity index (χ1n) is 3.24. The van der Waals surface area contributed by atoms with Crippen molar-refractivity contribution in [1.29, 1.82) is 0 Å². The lowest BCUT2D eigenvalue weighted by atomic mass is 10.6. The highest BCUT2D eigenvalue weighted by atomic mass is 32.2. The number of hydrogen-bond acceptors (Lipinski definition) is 3. The molecular weight excluding hydrogens is 148 g/mol. The van der Waals surface area contributed by atoms with Crippen LogP contribution in [0.5, 0.6) is 0 Å². The molecule has 0 aliphatic carbocycles. The van der Waals surface area contributed by atoms with Crippen molar-refractivity contribution in [2.75, 3.05) is 18.1 Å². The fraction of sp³-hybridized carbons (Fsp3) is 0.667. The number of nitrogens with one attached hydrogen (secondary N) is 1. The highest BCUT2D eigenvalue weighted by Crippen LogP contribution is 2.00. The molecular formula is C6H10N2OS. The van der Waals surface area contributed by atoms with Gasteiger partial charge in [-0.15, -0.1) is 0 Å². The number of amides is 1. The van der Waals surface area contributed by atoms with Gasteiger partial charge < -0.3 is 5.32 Å². The van der Waals surface area contributed by atoms with Gasteiger partial charge in [-0.1, -0.05) is 6.92 Å². The third-order valence-electron chi connectivity index (χ3n) is 1.14. The highest BCUT2D eigenvalue weighted by molar-refractivity contribution is 7.99. The fourth-order valence-corrected chi connectivity index (χ4v) is 1.25. The first-order valence-corrected chi connectivity index (χ1v) is 4.39. The van der Waals surface area contributed by atoms with Gasteiger partial charge in [0, 0.05) is 0 Å². The number of rotatable bonds is 3. The van der Waals surface area contributed by atoms with E-state index in [1.54, 1.807) is 11.8 Å². The van der Waals surface area contributed by atoms with Crippen LogP contribution in [0.2, 0.25) is 0 Å². The Hall–Kier alpha value is -0.510. The van der Waals surface area contributed by atoms with Gasteiger partial charge in [-0.25, -0.2) is 0 Å². The molecule has 0 aromatic heterocycles. The van der Waals surface area contributed by atoms with Gasteiger partial charge in [0.15, 0.2) is 0 Å². The molecule has 0 bridgehead atoms. The van der Waals surface area contributed by atoms with Crippen LogP contribution in [0.15, 0.2) is 4.99 Å². The monoisotopic (exact) mass is 158 g/mol. The molecule has 1 amide bonds. The van der Waals surface area contributed by atoms with E-state index in [-0.39, 0.29) is 5.91 Å². The molecule has 0 unspecified atom stereocenters. The van der Waals surface area contributed by atoms with E-state index in [1.165, 1.54) is 0 Å². The second-order valence-corrected chi connectivity index (χ2v) is 3.22. The van der Waals surface area contributed by atoms with E-state index in [0.717, 1.165) is 17.3 Å². The number of carbonyl (C=O) groups excluding carboxylic acids is 1. The van der Waals surface area contributed by atoms with Crippen molar-refractivity contribution in [3.63, 3.8) is 0 Å². The third-order valence-corrected chi connectivity index (χ3v) is 2.03. The summed E-state index contributed by atoms with van der Waals surface area (Å²) in [6.45, 7) is 2.40. The molecule has 56 valence electrons. The lowest BCUT2D eigenvalue weighted by Crippen LogP contribution is -2.26. The maximum absolute atomic E-state index is 10.6. The third kappa shape index (κ3) is 2.02. The molecule has 10 heavy (non-hydrogen) atoms. The van der Waals surface area contributed by atoms with Crippen LogP contribution >= 0.6 is 11.8 Å². The van der Waals surface area contributed by atoms with Gasteiger partial charge in [0.2, 0.25) is 5.91 Å². The summed E-state index contributed by atoms with van der Waals surface area (Å²) in [6, 6.07) is 0. The zero-order valence-electron chi connectivity index (χ0n) is 5.89. The number of hydrogen-bond donors (Lipinski definition) is 1. The second kappa shape index (κ2) is 3.61. The zero-order valence-corrected chi connectivity index (χ0v) is 6.70. The van der Waals surface area contributed by atoms with Crippen LogP contribution in [0.4, 0.5) is 0 Å². The Kier molecular flexibility index (Phi) is 2.74. The fourth-order valence-electron chi connectivity index (χ4n) is 0.688. The van der Waals surface area contributed by atoms with E-state index in [4.69, 9.17) is 0 Å². The Morgan fingerprint density at radius 2 is 2.60 bits per heavy atom. The van der Waals surface area contributed by atoms with Crippen molar-refractivity contribution in [2.24, 2.45) is 4.99 Å². The quantitative estimate of drug-likeness (QED) is 0.640. The first kappa shape index (κ1) is 7.60. The molecule has 1 aliphatic heterocycles. The van der Waals surface area contributed by atoms with Crippen molar-refractivity contribution in [2.45, 2.75) is 6.92 Å². The van der Waals surface area contributed by atoms with Crippen LogP contribution < -0.4 is 5.32 Å². The Labute approximate surface area is 64.3 Å². The highest BCUT2D eigenvalue weighted by Gasteiger charge is 2.11. The zero-order chi connectivity index (χ0) is 7.40. The van der Waals surface area contributed by atoms with Crippen molar-refractivity contribution >= 4 is 23.5 Å². The SMILES string of the molecule is CCSCC1=NCC(=O)N1. The summed E-state index contributed by atoms with van der Waals surface area (Å²) >= 11 is 1.76. The van der Waals surface area contributed by atoms with Gasteiger partial charge in [-0.3, -0.25) is 9.79 Å². The van der Waals surface area contributed by atoms with Crippen LogP contribution in [-0.2, 0) is 4.79 Å². The molecule has 4 heteroatoms. The van der Waals surface area contributed by atoms with E-state index < -0.39 is 0 Å². The van der Waals surface area contributed by atoms with Crippen LogP contribution in [0.25, 0.3) is 0 Å². The molecule has 0 aromatic rings. The second-order valence-electron chi connectivity index (χ2n) is 1.95. The topological polar surface area (TPSA) is 41.5 Å². The Morgan fingerprint density at radius 3 is 3.10 bits per heavy atom. The molecule has 0 aromatic carbocycles. The number of carbonyl (C=O) groups is 1. The summed E-state index contributed by atoms with van der Waals surface area (Å²) < 4.78 is 0. The van der Waals surface area contributed by atoms with Crippen LogP contribution in [0, 0.1) is 0 Å². The summed E-state index contributed by atoms with van der Waals surface area (Å²) in [5.74, 6) is 2.75. The van der Waals surface area contributed by atoms with Crippen molar-refractivity contribution in [3.8, 4) is 0 Å². The van der Waals surface area contributed by atoms with Gasteiger partial charge in [0.05, 0.1) is 5.75 Å². The normalized spacial score (nSPS) is 16.9. The van der Waals surface area contributed by atoms with Crippen LogP contribution in [0.3, 0.4) is 0 Å². The van der Waals surface area contributed by atoms with E-state index in [9.17, 15) is 4.79 Å². The molecule has 1 N–H and O–H groups in total. The Bertz CT molecular complexity index is 167. The lowest BCUT2D eigenvalue weighted by Gasteiger charge is -1.96. The van der Waals surface area contributed by atoms with E-state index >= 15 is 0 Å². The molecule has 1 heterocycles. The summed E-state index contributed by atoms with van der Waals surface area (Å²) in [5, 5.41) is 2.68. The minimum atomic E-state index is 0.0201. The van der Waals surface area contributed by atoms with E-state index in [0.29, 0.717) is 6.54 Å². The maximum Gasteiger partial charge on any atom is 0.247 e. The molecule has 3 nitrogen and oxygen atoms in total. The van der Waals surface area contributed by atoms with Gasteiger partial charge in [-0.2, -0.15) is 11.8 Å². The van der Waals surface area contributed by atoms with Crippen LogP contribution in [0.1, 0.15) is 6.92 Å². The molecule has 0 radical (unpaired) electrons. The summed E-state index contributed by atoms with van der Waals surface area (Å²) in [6.07, 6.45) is 0. The number of aliphatic imine (C=N–C) groups is 1. The summed E-state index contributed by atoms with van der Waals surface area (Å²) in [5.41, 5.74) is 0. The molecule has 0 saturated heterocycles. The first-order chi connectivity index (χ1) is 4.83. The average Bonchev–Trinajstić information content (AvgIpc) is 2.31. The van der Waals surface area contributed by atoms with Crippen LogP contribution in [-0.4, -0.2) is 29.8 Å². The molecule has 1 rings (SSSR count). The molecule has 1 aliphatic rings. The van der Waals surface area contributed by atoms with Crippen molar-refractivity contribution < 1.29 is 4.79 Å². The smallest absolute Gasteiger partial charge is 0.247 e. The number of thioether (sulfide) groups is 1. The van der Waals surface area contributed by atoms with Gasteiger partial charge in [0.25, 0.3) is 0 Å². The largest absolute Gasteiger partial charge is 0.312 e. The predicted molar refractivity (Wildman–Crippen MR) is 43.4 cm³/mol. The van der Waals surface area contributed by atoms with E-state index in [2.05, 4.69) is 17.2 Å². The maximum atomic E-state index is 10.6. The Balaban J connectivity index is 2.23. The standard InChI is InChI=1S/C6H10N2OS/c1-2-10-4-5-7-3-6(9)8-5/h2-4H2,1H3,(H,7,8,9). The molecule has 0 saturated carbocycles. The summed E-state index contributed by atoms with van der Waals surface area (Å²) in [4.78, 5) is 14.6. The van der Waals surface area contributed by atoms with Gasteiger partial charge in [0.1, 0.15) is 12.4 Å².